The zero-order valence-electron chi connectivity index (χ0n) is 17.4. The SMILES string of the molecule is O=C(c1ccc(F)cc1)c1ccccc1C(=O)N1CCC(c2nc3ccccc3[nH]2)CC1. The number of fused-ring (bicyclic) bond motifs is 1. The van der Waals surface area contributed by atoms with Gasteiger partial charge in [0.15, 0.2) is 5.78 Å². The van der Waals surface area contributed by atoms with Crippen LogP contribution in [0.2, 0.25) is 0 Å². The highest BCUT2D eigenvalue weighted by molar-refractivity contribution is 6.15. The summed E-state index contributed by atoms with van der Waals surface area (Å²) in [5.41, 5.74) is 3.05. The van der Waals surface area contributed by atoms with Gasteiger partial charge in [-0.1, -0.05) is 30.3 Å². The van der Waals surface area contributed by atoms with Crippen LogP contribution in [0.15, 0.2) is 72.8 Å². The topological polar surface area (TPSA) is 66.1 Å². The Bertz CT molecular complexity index is 1250. The van der Waals surface area contributed by atoms with Crippen molar-refractivity contribution in [3.8, 4) is 0 Å². The van der Waals surface area contributed by atoms with Crippen LogP contribution >= 0.6 is 0 Å². The van der Waals surface area contributed by atoms with E-state index < -0.39 is 5.82 Å². The van der Waals surface area contributed by atoms with Gasteiger partial charge in [-0.2, -0.15) is 0 Å². The fraction of sp³-hybridized carbons (Fsp3) is 0.192. The fourth-order valence-electron chi connectivity index (χ4n) is 4.32. The molecular formula is C26H22FN3O2. The van der Waals surface area contributed by atoms with Crippen LogP contribution in [0.25, 0.3) is 11.0 Å². The minimum atomic E-state index is -0.404. The van der Waals surface area contributed by atoms with Crippen LogP contribution in [-0.2, 0) is 0 Å². The predicted octanol–water partition coefficient (Wildman–Crippen LogP) is 4.95. The summed E-state index contributed by atoms with van der Waals surface area (Å²) in [5.74, 6) is 0.385. The highest BCUT2D eigenvalue weighted by Crippen LogP contribution is 2.29. The lowest BCUT2D eigenvalue weighted by Crippen LogP contribution is -2.38. The quantitative estimate of drug-likeness (QED) is 0.469. The van der Waals surface area contributed by atoms with Gasteiger partial charge in [0.1, 0.15) is 11.6 Å². The van der Waals surface area contributed by atoms with Gasteiger partial charge in [-0.05, 0) is 55.3 Å². The zero-order valence-corrected chi connectivity index (χ0v) is 17.4. The number of rotatable bonds is 4. The van der Waals surface area contributed by atoms with E-state index in [0.717, 1.165) is 29.7 Å². The molecule has 1 N–H and O–H groups in total. The average Bonchev–Trinajstić information content (AvgIpc) is 3.28. The molecule has 0 unspecified atom stereocenters. The Morgan fingerprint density at radius 2 is 1.53 bits per heavy atom. The first-order valence-corrected chi connectivity index (χ1v) is 10.7. The lowest BCUT2D eigenvalue weighted by atomic mass is 9.94. The van der Waals surface area contributed by atoms with Crippen LogP contribution in [0.5, 0.6) is 0 Å². The summed E-state index contributed by atoms with van der Waals surface area (Å²) in [4.78, 5) is 36.2. The number of para-hydroxylation sites is 2. The van der Waals surface area contributed by atoms with E-state index in [9.17, 15) is 14.0 Å². The van der Waals surface area contributed by atoms with E-state index in [4.69, 9.17) is 4.98 Å². The van der Waals surface area contributed by atoms with Gasteiger partial charge in [0.05, 0.1) is 16.6 Å². The number of nitrogens with zero attached hydrogens (tertiary/aromatic N) is 2. The third-order valence-corrected chi connectivity index (χ3v) is 6.09. The molecule has 0 atom stereocenters. The second kappa shape index (κ2) is 8.38. The number of carbonyl (C=O) groups excluding carboxylic acids is 2. The largest absolute Gasteiger partial charge is 0.342 e. The van der Waals surface area contributed by atoms with Crippen LogP contribution in [0, 0.1) is 5.82 Å². The van der Waals surface area contributed by atoms with E-state index in [1.807, 2.05) is 24.3 Å². The molecular weight excluding hydrogens is 405 g/mol. The zero-order chi connectivity index (χ0) is 22.1. The van der Waals surface area contributed by atoms with Crippen LogP contribution in [0.1, 0.15) is 50.9 Å². The fourth-order valence-corrected chi connectivity index (χ4v) is 4.32. The summed E-state index contributed by atoms with van der Waals surface area (Å²) in [5, 5.41) is 0. The Morgan fingerprint density at radius 3 is 2.25 bits per heavy atom. The van der Waals surface area contributed by atoms with Crippen molar-refractivity contribution >= 4 is 22.7 Å². The van der Waals surface area contributed by atoms with Crippen molar-refractivity contribution in [2.24, 2.45) is 0 Å². The molecule has 1 aliphatic heterocycles. The number of aromatic amines is 1. The maximum Gasteiger partial charge on any atom is 0.254 e. The number of hydrogen-bond donors (Lipinski definition) is 1. The van der Waals surface area contributed by atoms with Crippen molar-refractivity contribution in [3.63, 3.8) is 0 Å². The van der Waals surface area contributed by atoms with Crippen molar-refractivity contribution in [2.45, 2.75) is 18.8 Å². The Balaban J connectivity index is 1.32. The van der Waals surface area contributed by atoms with Gasteiger partial charge in [0, 0.05) is 30.1 Å². The molecule has 1 fully saturated rings. The van der Waals surface area contributed by atoms with E-state index in [0.29, 0.717) is 29.8 Å². The number of amides is 1. The molecule has 3 aromatic carbocycles. The van der Waals surface area contributed by atoms with Gasteiger partial charge in [-0.15, -0.1) is 0 Å². The maximum absolute atomic E-state index is 13.3. The molecule has 0 saturated carbocycles. The second-order valence-corrected chi connectivity index (χ2v) is 8.09. The molecule has 32 heavy (non-hydrogen) atoms. The molecule has 2 heterocycles. The highest BCUT2D eigenvalue weighted by atomic mass is 19.1. The van der Waals surface area contributed by atoms with Gasteiger partial charge in [0.2, 0.25) is 0 Å². The molecule has 0 bridgehead atoms. The third-order valence-electron chi connectivity index (χ3n) is 6.09. The van der Waals surface area contributed by atoms with Crippen molar-refractivity contribution in [1.82, 2.24) is 14.9 Å². The number of aromatic nitrogens is 2. The number of hydrogen-bond acceptors (Lipinski definition) is 3. The Kier molecular flexibility index (Phi) is 5.27. The van der Waals surface area contributed by atoms with Crippen molar-refractivity contribution in [3.05, 3.63) is 101 Å². The van der Waals surface area contributed by atoms with E-state index >= 15 is 0 Å². The van der Waals surface area contributed by atoms with Gasteiger partial charge < -0.3 is 9.88 Å². The number of nitrogens with one attached hydrogen (secondary N) is 1. The normalized spacial score (nSPS) is 14.6. The maximum atomic E-state index is 13.3. The highest BCUT2D eigenvalue weighted by Gasteiger charge is 2.28. The van der Waals surface area contributed by atoms with Gasteiger partial charge in [0.25, 0.3) is 5.91 Å². The number of benzene rings is 3. The number of likely N-dealkylation sites (tertiary alicyclic amines) is 1. The molecule has 0 spiro atoms. The standard InChI is InChI=1S/C26H22FN3O2/c27-19-11-9-17(10-12-19)24(31)20-5-1-2-6-21(20)26(32)30-15-13-18(14-16-30)25-28-22-7-3-4-8-23(22)29-25/h1-12,18H,13-16H2,(H,28,29). The molecule has 1 amide bonds. The minimum absolute atomic E-state index is 0.154. The summed E-state index contributed by atoms with van der Waals surface area (Å²) in [7, 11) is 0. The van der Waals surface area contributed by atoms with Crippen molar-refractivity contribution in [2.75, 3.05) is 13.1 Å². The first-order valence-electron chi connectivity index (χ1n) is 10.7. The minimum Gasteiger partial charge on any atom is -0.342 e. The number of ketones is 1. The molecule has 160 valence electrons. The molecule has 1 saturated heterocycles. The van der Waals surface area contributed by atoms with Crippen LogP contribution in [0.4, 0.5) is 4.39 Å². The van der Waals surface area contributed by atoms with E-state index in [1.54, 1.807) is 29.2 Å². The summed E-state index contributed by atoms with van der Waals surface area (Å²) >= 11 is 0. The summed E-state index contributed by atoms with van der Waals surface area (Å²) in [6, 6.07) is 20.2. The molecule has 5 rings (SSSR count). The Labute approximate surface area is 184 Å². The van der Waals surface area contributed by atoms with Gasteiger partial charge in [-0.3, -0.25) is 9.59 Å². The molecule has 1 aromatic heterocycles. The number of halogens is 1. The molecule has 1 aliphatic rings. The third kappa shape index (κ3) is 3.80. The molecule has 0 radical (unpaired) electrons. The first-order chi connectivity index (χ1) is 15.6. The van der Waals surface area contributed by atoms with E-state index in [1.165, 1.54) is 24.3 Å². The van der Waals surface area contributed by atoms with E-state index in [-0.39, 0.29) is 17.6 Å². The lowest BCUT2D eigenvalue weighted by molar-refractivity contribution is 0.0707. The number of imidazole rings is 1. The smallest absolute Gasteiger partial charge is 0.254 e. The second-order valence-electron chi connectivity index (χ2n) is 8.09. The van der Waals surface area contributed by atoms with E-state index in [2.05, 4.69) is 4.98 Å². The molecule has 0 aliphatic carbocycles. The first kappa shape index (κ1) is 20.1. The Morgan fingerprint density at radius 1 is 0.875 bits per heavy atom. The summed E-state index contributed by atoms with van der Waals surface area (Å²) in [6.45, 7) is 1.19. The van der Waals surface area contributed by atoms with Crippen LogP contribution < -0.4 is 0 Å². The monoisotopic (exact) mass is 427 g/mol. The van der Waals surface area contributed by atoms with Gasteiger partial charge >= 0.3 is 0 Å². The number of carbonyl (C=O) groups is 2. The van der Waals surface area contributed by atoms with Crippen molar-refractivity contribution < 1.29 is 14.0 Å². The Hall–Kier alpha value is -3.80. The molecule has 5 nitrogen and oxygen atoms in total. The lowest BCUT2D eigenvalue weighted by Gasteiger charge is -2.31. The molecule has 6 heteroatoms. The molecule has 4 aromatic rings. The summed E-state index contributed by atoms with van der Waals surface area (Å²) in [6.07, 6.45) is 1.61. The van der Waals surface area contributed by atoms with Crippen LogP contribution in [0.3, 0.4) is 0 Å². The predicted molar refractivity (Wildman–Crippen MR) is 120 cm³/mol. The number of H-pyrrole nitrogens is 1. The van der Waals surface area contributed by atoms with Crippen LogP contribution in [-0.4, -0.2) is 39.6 Å². The number of piperidine rings is 1. The van der Waals surface area contributed by atoms with Gasteiger partial charge in [-0.25, -0.2) is 9.37 Å². The summed E-state index contributed by atoms with van der Waals surface area (Å²) < 4.78 is 13.2. The van der Waals surface area contributed by atoms with Crippen molar-refractivity contribution in [1.29, 1.82) is 0 Å². The average molecular weight is 427 g/mol.